The lowest BCUT2D eigenvalue weighted by Crippen LogP contribution is -2.42. The SMILES string of the molecule is CCOC(=O)C(C)CCCC(O[Si](C)(C)C(C)(C)C)c1cc(-c2c(N)cnn2C(F)F)ccn1. The molecule has 7 nitrogen and oxygen atoms in total. The normalized spacial score (nSPS) is 14.3. The number of nitrogens with zero attached hydrogens (tertiary/aromatic N) is 3. The molecule has 2 atom stereocenters. The molecular weight excluding hydrogens is 458 g/mol. The number of esters is 1. The molecule has 190 valence electrons. The fourth-order valence-corrected chi connectivity index (χ4v) is 4.71. The van der Waals surface area contributed by atoms with Crippen molar-refractivity contribution in [1.29, 1.82) is 0 Å². The molecule has 2 aromatic rings. The maximum Gasteiger partial charge on any atom is 0.333 e. The highest BCUT2D eigenvalue weighted by Crippen LogP contribution is 2.41. The third-order valence-corrected chi connectivity index (χ3v) is 10.9. The number of alkyl halides is 2. The van der Waals surface area contributed by atoms with Gasteiger partial charge in [-0.3, -0.25) is 9.78 Å². The molecule has 0 aliphatic heterocycles. The van der Waals surface area contributed by atoms with Gasteiger partial charge in [0.2, 0.25) is 0 Å². The fourth-order valence-electron chi connectivity index (χ4n) is 3.41. The zero-order chi connectivity index (χ0) is 25.7. The monoisotopic (exact) mass is 496 g/mol. The molecular formula is C24H38F2N4O3Si. The molecule has 0 radical (unpaired) electrons. The van der Waals surface area contributed by atoms with Crippen molar-refractivity contribution in [1.82, 2.24) is 14.8 Å². The summed E-state index contributed by atoms with van der Waals surface area (Å²) in [4.78, 5) is 16.5. The predicted molar refractivity (Wildman–Crippen MR) is 132 cm³/mol. The summed E-state index contributed by atoms with van der Waals surface area (Å²) in [7, 11) is -2.18. The van der Waals surface area contributed by atoms with E-state index in [2.05, 4.69) is 43.9 Å². The average Bonchev–Trinajstić information content (AvgIpc) is 3.14. The second kappa shape index (κ2) is 11.4. The van der Waals surface area contributed by atoms with E-state index in [1.807, 2.05) is 6.92 Å². The van der Waals surface area contributed by atoms with E-state index in [9.17, 15) is 13.6 Å². The van der Waals surface area contributed by atoms with Crippen molar-refractivity contribution in [3.8, 4) is 11.3 Å². The number of anilines is 1. The Balaban J connectivity index is 2.35. The Bertz CT molecular complexity index is 960. The first-order chi connectivity index (χ1) is 15.8. The van der Waals surface area contributed by atoms with Crippen LogP contribution in [0.3, 0.4) is 0 Å². The van der Waals surface area contributed by atoms with E-state index in [1.54, 1.807) is 25.3 Å². The standard InChI is InChI=1S/C24H38F2N4O3Si/c1-8-32-22(31)16(2)10-9-11-20(33-34(6,7)24(3,4)5)19-14-17(12-13-28-19)21-18(27)15-29-30(21)23(25)26/h12-16,20,23H,8-11,27H2,1-7H3. The van der Waals surface area contributed by atoms with Crippen LogP contribution in [0.15, 0.2) is 24.5 Å². The number of pyridine rings is 1. The minimum atomic E-state index is -2.81. The molecule has 0 saturated heterocycles. The Morgan fingerprint density at radius 3 is 2.53 bits per heavy atom. The van der Waals surface area contributed by atoms with E-state index >= 15 is 0 Å². The van der Waals surface area contributed by atoms with Gasteiger partial charge in [-0.25, -0.2) is 4.68 Å². The third-order valence-electron chi connectivity index (χ3n) is 6.43. The number of rotatable bonds is 11. The lowest BCUT2D eigenvalue weighted by Gasteiger charge is -2.39. The van der Waals surface area contributed by atoms with Gasteiger partial charge in [0.05, 0.1) is 41.9 Å². The summed E-state index contributed by atoms with van der Waals surface area (Å²) in [5, 5.41) is 3.68. The molecule has 2 aromatic heterocycles. The maximum atomic E-state index is 13.5. The highest BCUT2D eigenvalue weighted by atomic mass is 28.4. The quantitative estimate of drug-likeness (QED) is 0.288. The number of halogens is 2. The van der Waals surface area contributed by atoms with Crippen LogP contribution in [0, 0.1) is 5.92 Å². The van der Waals surface area contributed by atoms with Crippen LogP contribution in [-0.2, 0) is 14.0 Å². The number of hydrogen-bond donors (Lipinski definition) is 1. The van der Waals surface area contributed by atoms with Crippen LogP contribution in [0.25, 0.3) is 11.3 Å². The smallest absolute Gasteiger partial charge is 0.333 e. The van der Waals surface area contributed by atoms with Gasteiger partial charge < -0.3 is 14.9 Å². The molecule has 34 heavy (non-hydrogen) atoms. The lowest BCUT2D eigenvalue weighted by atomic mass is 10.0. The summed E-state index contributed by atoms with van der Waals surface area (Å²) >= 11 is 0. The average molecular weight is 497 g/mol. The Morgan fingerprint density at radius 2 is 1.94 bits per heavy atom. The summed E-state index contributed by atoms with van der Waals surface area (Å²) < 4.78 is 39.4. The van der Waals surface area contributed by atoms with E-state index in [-0.39, 0.29) is 34.4 Å². The van der Waals surface area contributed by atoms with Gasteiger partial charge >= 0.3 is 12.5 Å². The largest absolute Gasteiger partial charge is 0.466 e. The number of hydrogen-bond acceptors (Lipinski definition) is 6. The minimum absolute atomic E-state index is 0.0280. The highest BCUT2D eigenvalue weighted by molar-refractivity contribution is 6.74. The molecule has 0 spiro atoms. The van der Waals surface area contributed by atoms with Crippen molar-refractivity contribution in [2.45, 2.75) is 84.7 Å². The Kier molecular flexibility index (Phi) is 9.35. The summed E-state index contributed by atoms with van der Waals surface area (Å²) in [6.45, 7) is 12.0. The molecule has 0 aliphatic carbocycles. The van der Waals surface area contributed by atoms with Crippen LogP contribution in [0.5, 0.6) is 0 Å². The molecule has 0 aromatic carbocycles. The van der Waals surface area contributed by atoms with E-state index in [0.29, 0.717) is 35.4 Å². The number of nitrogens with two attached hydrogens (primary N) is 1. The molecule has 2 rings (SSSR count). The molecule has 2 N–H and O–H groups in total. The summed E-state index contributed by atoms with van der Waals surface area (Å²) in [5.74, 6) is -0.423. The zero-order valence-electron chi connectivity index (χ0n) is 21.3. The van der Waals surface area contributed by atoms with E-state index in [1.165, 1.54) is 6.20 Å². The number of ether oxygens (including phenoxy) is 1. The molecule has 10 heteroatoms. The fraction of sp³-hybridized carbons (Fsp3) is 0.625. The molecule has 0 fully saturated rings. The van der Waals surface area contributed by atoms with E-state index in [0.717, 1.165) is 6.42 Å². The Hall–Kier alpha value is -2.33. The molecule has 0 aliphatic rings. The number of aromatic nitrogens is 3. The number of carbonyl (C=O) groups is 1. The maximum absolute atomic E-state index is 13.5. The highest BCUT2D eigenvalue weighted by Gasteiger charge is 2.39. The first-order valence-corrected chi connectivity index (χ1v) is 14.6. The van der Waals surface area contributed by atoms with Crippen LogP contribution in [0.4, 0.5) is 14.5 Å². The second-order valence-electron chi connectivity index (χ2n) is 10.1. The van der Waals surface area contributed by atoms with Gasteiger partial charge in [-0.2, -0.15) is 13.9 Å². The first-order valence-electron chi connectivity index (χ1n) is 11.7. The molecule has 0 amide bonds. The van der Waals surface area contributed by atoms with Gasteiger partial charge in [-0.1, -0.05) is 27.7 Å². The van der Waals surface area contributed by atoms with Crippen LogP contribution < -0.4 is 5.73 Å². The van der Waals surface area contributed by atoms with Crippen LogP contribution in [0.2, 0.25) is 18.1 Å². The van der Waals surface area contributed by atoms with Crippen molar-refractivity contribution < 1.29 is 22.7 Å². The van der Waals surface area contributed by atoms with Crippen molar-refractivity contribution >= 4 is 20.0 Å². The van der Waals surface area contributed by atoms with E-state index < -0.39 is 14.9 Å². The van der Waals surface area contributed by atoms with Crippen LogP contribution >= 0.6 is 0 Å². The van der Waals surface area contributed by atoms with Gasteiger partial charge in [0.15, 0.2) is 8.32 Å². The third kappa shape index (κ3) is 6.85. The number of carbonyl (C=O) groups excluding carboxylic acids is 1. The predicted octanol–water partition coefficient (Wildman–Crippen LogP) is 6.35. The van der Waals surface area contributed by atoms with Gasteiger partial charge in [0.1, 0.15) is 0 Å². The van der Waals surface area contributed by atoms with Crippen molar-refractivity contribution in [3.05, 3.63) is 30.2 Å². The van der Waals surface area contributed by atoms with Gasteiger partial charge in [-0.15, -0.1) is 0 Å². The van der Waals surface area contributed by atoms with Gasteiger partial charge in [0.25, 0.3) is 0 Å². The topological polar surface area (TPSA) is 92.3 Å². The Labute approximate surface area is 202 Å². The van der Waals surface area contributed by atoms with E-state index in [4.69, 9.17) is 14.9 Å². The van der Waals surface area contributed by atoms with Crippen LogP contribution in [0.1, 0.15) is 72.2 Å². The first kappa shape index (κ1) is 27.9. The lowest BCUT2D eigenvalue weighted by molar-refractivity contribution is -0.147. The minimum Gasteiger partial charge on any atom is -0.466 e. The summed E-state index contributed by atoms with van der Waals surface area (Å²) in [5.41, 5.74) is 7.43. The molecule has 2 heterocycles. The van der Waals surface area contributed by atoms with Gasteiger partial charge in [0, 0.05) is 11.8 Å². The molecule has 0 saturated carbocycles. The van der Waals surface area contributed by atoms with Crippen molar-refractivity contribution in [3.63, 3.8) is 0 Å². The van der Waals surface area contributed by atoms with Gasteiger partial charge in [-0.05, 0) is 56.5 Å². The van der Waals surface area contributed by atoms with Crippen molar-refractivity contribution in [2.24, 2.45) is 5.92 Å². The Morgan fingerprint density at radius 1 is 1.26 bits per heavy atom. The zero-order valence-corrected chi connectivity index (χ0v) is 22.3. The molecule has 0 bridgehead atoms. The summed E-state index contributed by atoms with van der Waals surface area (Å²) in [6.07, 6.45) is 4.47. The molecule has 2 unspecified atom stereocenters. The number of nitrogen functional groups attached to an aromatic ring is 1. The second-order valence-corrected chi connectivity index (χ2v) is 14.8. The summed E-state index contributed by atoms with van der Waals surface area (Å²) in [6, 6.07) is 3.39. The van der Waals surface area contributed by atoms with Crippen molar-refractivity contribution in [2.75, 3.05) is 12.3 Å². The van der Waals surface area contributed by atoms with Crippen LogP contribution in [-0.4, -0.2) is 35.7 Å².